The number of ether oxygens (including phenoxy) is 2. The average molecular weight is 310 g/mol. The number of nitrogens with zero attached hydrogens (tertiary/aromatic N) is 3. The van der Waals surface area contributed by atoms with Gasteiger partial charge in [0.05, 0.1) is 26.1 Å². The predicted octanol–water partition coefficient (Wildman–Crippen LogP) is 1.83. The number of fused-ring (bicyclic) bond motifs is 2. The summed E-state index contributed by atoms with van der Waals surface area (Å²) in [6.07, 6.45) is 3.13. The van der Waals surface area contributed by atoms with Gasteiger partial charge >= 0.3 is 0 Å². The lowest BCUT2D eigenvalue weighted by Crippen LogP contribution is -2.16. The van der Waals surface area contributed by atoms with Crippen molar-refractivity contribution in [2.24, 2.45) is 0 Å². The molecule has 1 atom stereocenters. The maximum Gasteiger partial charge on any atom is 0.238 e. The molecular weight excluding hydrogens is 296 g/mol. The van der Waals surface area contributed by atoms with E-state index >= 15 is 0 Å². The summed E-state index contributed by atoms with van der Waals surface area (Å²) in [7, 11) is 3.11. The minimum atomic E-state index is -0.509. The number of aromatic nitrogens is 3. The summed E-state index contributed by atoms with van der Waals surface area (Å²) in [6, 6.07) is 7.59. The van der Waals surface area contributed by atoms with E-state index in [0.717, 1.165) is 11.3 Å². The summed E-state index contributed by atoms with van der Waals surface area (Å²) >= 11 is 0. The number of carbonyl (C=O) groups excluding carboxylic acids is 1. The summed E-state index contributed by atoms with van der Waals surface area (Å²) in [5.41, 5.74) is 2.91. The lowest BCUT2D eigenvalue weighted by atomic mass is 9.96. The molecule has 0 spiro atoms. The first-order valence-corrected chi connectivity index (χ1v) is 7.08. The second-order valence-corrected chi connectivity index (χ2v) is 5.18. The van der Waals surface area contributed by atoms with Crippen LogP contribution in [0.2, 0.25) is 0 Å². The van der Waals surface area contributed by atoms with E-state index in [9.17, 15) is 4.79 Å². The van der Waals surface area contributed by atoms with E-state index in [1.54, 1.807) is 24.9 Å². The van der Waals surface area contributed by atoms with Crippen LogP contribution in [0.25, 0.3) is 5.52 Å². The second-order valence-electron chi connectivity index (χ2n) is 5.18. The van der Waals surface area contributed by atoms with E-state index in [-0.39, 0.29) is 5.91 Å². The molecule has 2 aromatic heterocycles. The van der Waals surface area contributed by atoms with E-state index in [2.05, 4.69) is 15.4 Å². The van der Waals surface area contributed by atoms with Crippen LogP contribution in [0, 0.1) is 0 Å². The zero-order chi connectivity index (χ0) is 16.0. The third-order valence-corrected chi connectivity index (χ3v) is 4.01. The Labute approximate surface area is 131 Å². The second kappa shape index (κ2) is 4.98. The Morgan fingerprint density at radius 1 is 1.22 bits per heavy atom. The van der Waals surface area contributed by atoms with Gasteiger partial charge in [-0.2, -0.15) is 5.10 Å². The molecule has 23 heavy (non-hydrogen) atoms. The third-order valence-electron chi connectivity index (χ3n) is 4.01. The smallest absolute Gasteiger partial charge is 0.238 e. The number of rotatable bonds is 3. The van der Waals surface area contributed by atoms with Gasteiger partial charge in [0.25, 0.3) is 0 Å². The summed E-state index contributed by atoms with van der Waals surface area (Å²) < 4.78 is 12.4. The first-order chi connectivity index (χ1) is 11.2. The fraction of sp³-hybridized carbons (Fsp3) is 0.188. The lowest BCUT2D eigenvalue weighted by molar-refractivity contribution is -0.116. The van der Waals surface area contributed by atoms with Crippen molar-refractivity contribution in [3.63, 3.8) is 0 Å². The van der Waals surface area contributed by atoms with Gasteiger partial charge in [-0.25, -0.2) is 9.50 Å². The average Bonchev–Trinajstić information content (AvgIpc) is 3.10. The largest absolute Gasteiger partial charge is 0.491 e. The predicted molar refractivity (Wildman–Crippen MR) is 83.0 cm³/mol. The Bertz CT molecular complexity index is 919. The Balaban J connectivity index is 2.00. The van der Waals surface area contributed by atoms with Crippen molar-refractivity contribution in [2.75, 3.05) is 19.5 Å². The first-order valence-electron chi connectivity index (χ1n) is 7.08. The molecule has 0 aliphatic carbocycles. The molecule has 0 fully saturated rings. The molecule has 0 bridgehead atoms. The van der Waals surface area contributed by atoms with Gasteiger partial charge in [0.1, 0.15) is 17.8 Å². The van der Waals surface area contributed by atoms with Gasteiger partial charge in [-0.3, -0.25) is 4.79 Å². The number of hydrogen-bond acceptors (Lipinski definition) is 5. The SMILES string of the molecule is COc1cn2ncnc(C3C(=O)Nc4ccccc43)c2c1OC. The van der Waals surface area contributed by atoms with Crippen molar-refractivity contribution in [2.45, 2.75) is 5.92 Å². The van der Waals surface area contributed by atoms with Gasteiger partial charge in [0.15, 0.2) is 11.5 Å². The van der Waals surface area contributed by atoms with Gasteiger partial charge in [-0.1, -0.05) is 18.2 Å². The van der Waals surface area contributed by atoms with Gasteiger partial charge < -0.3 is 14.8 Å². The van der Waals surface area contributed by atoms with E-state index in [0.29, 0.717) is 22.7 Å². The zero-order valence-corrected chi connectivity index (χ0v) is 12.6. The van der Waals surface area contributed by atoms with Gasteiger partial charge in [0.2, 0.25) is 5.91 Å². The molecule has 7 nitrogen and oxygen atoms in total. The highest BCUT2D eigenvalue weighted by Gasteiger charge is 2.35. The Morgan fingerprint density at radius 3 is 2.83 bits per heavy atom. The summed E-state index contributed by atoms with van der Waals surface area (Å²) in [6.45, 7) is 0. The number of nitrogens with one attached hydrogen (secondary N) is 1. The highest BCUT2D eigenvalue weighted by atomic mass is 16.5. The molecule has 1 amide bonds. The molecule has 116 valence electrons. The molecule has 4 rings (SSSR count). The third kappa shape index (κ3) is 1.86. The molecule has 0 radical (unpaired) electrons. The normalized spacial score (nSPS) is 16.3. The molecule has 7 heteroatoms. The molecule has 3 aromatic rings. The molecule has 1 unspecified atom stereocenters. The number of amides is 1. The van der Waals surface area contributed by atoms with Crippen molar-refractivity contribution in [1.29, 1.82) is 0 Å². The molecule has 1 aliphatic heterocycles. The summed E-state index contributed by atoms with van der Waals surface area (Å²) in [4.78, 5) is 16.9. The zero-order valence-electron chi connectivity index (χ0n) is 12.6. The molecule has 0 saturated heterocycles. The van der Waals surface area contributed by atoms with Crippen molar-refractivity contribution in [3.8, 4) is 11.5 Å². The van der Waals surface area contributed by atoms with Crippen LogP contribution in [-0.2, 0) is 4.79 Å². The van der Waals surface area contributed by atoms with E-state index in [1.165, 1.54) is 6.33 Å². The molecule has 1 aromatic carbocycles. The first kappa shape index (κ1) is 13.6. The summed E-state index contributed by atoms with van der Waals surface area (Å²) in [5.74, 6) is 0.431. The number of carbonyl (C=O) groups is 1. The van der Waals surface area contributed by atoms with Gasteiger partial charge in [-0.15, -0.1) is 0 Å². The van der Waals surface area contributed by atoms with Crippen molar-refractivity contribution >= 4 is 17.1 Å². The van der Waals surface area contributed by atoms with Crippen LogP contribution in [0.5, 0.6) is 11.5 Å². The molecule has 3 heterocycles. The molecular formula is C16H14N4O3. The Hall–Kier alpha value is -3.09. The van der Waals surface area contributed by atoms with Crippen LogP contribution in [-0.4, -0.2) is 34.7 Å². The van der Waals surface area contributed by atoms with Gasteiger partial charge in [-0.05, 0) is 11.6 Å². The maximum atomic E-state index is 12.5. The van der Waals surface area contributed by atoms with Crippen molar-refractivity contribution < 1.29 is 14.3 Å². The quantitative estimate of drug-likeness (QED) is 0.798. The Kier molecular flexibility index (Phi) is 2.94. The minimum Gasteiger partial charge on any atom is -0.491 e. The number of para-hydroxylation sites is 1. The van der Waals surface area contributed by atoms with E-state index < -0.39 is 5.92 Å². The fourth-order valence-corrected chi connectivity index (χ4v) is 3.02. The highest BCUT2D eigenvalue weighted by Crippen LogP contribution is 2.42. The van der Waals surface area contributed by atoms with Crippen LogP contribution in [0.3, 0.4) is 0 Å². The monoisotopic (exact) mass is 310 g/mol. The molecule has 1 N–H and O–H groups in total. The highest BCUT2D eigenvalue weighted by molar-refractivity contribution is 6.06. The van der Waals surface area contributed by atoms with Gasteiger partial charge in [0, 0.05) is 5.69 Å². The van der Waals surface area contributed by atoms with E-state index in [1.807, 2.05) is 24.3 Å². The van der Waals surface area contributed by atoms with Crippen LogP contribution < -0.4 is 14.8 Å². The topological polar surface area (TPSA) is 77.8 Å². The van der Waals surface area contributed by atoms with Crippen LogP contribution in [0.1, 0.15) is 17.2 Å². The summed E-state index contributed by atoms with van der Waals surface area (Å²) in [5, 5.41) is 7.07. The fourth-order valence-electron chi connectivity index (χ4n) is 3.02. The van der Waals surface area contributed by atoms with Crippen LogP contribution in [0.4, 0.5) is 5.69 Å². The number of anilines is 1. The van der Waals surface area contributed by atoms with Crippen molar-refractivity contribution in [1.82, 2.24) is 14.6 Å². The minimum absolute atomic E-state index is 0.117. The van der Waals surface area contributed by atoms with Crippen LogP contribution >= 0.6 is 0 Å². The van der Waals surface area contributed by atoms with E-state index in [4.69, 9.17) is 9.47 Å². The number of methoxy groups -OCH3 is 2. The van der Waals surface area contributed by atoms with Crippen molar-refractivity contribution in [3.05, 3.63) is 48.0 Å². The number of benzene rings is 1. The van der Waals surface area contributed by atoms with Crippen LogP contribution in [0.15, 0.2) is 36.8 Å². The molecule has 0 saturated carbocycles. The number of hydrogen-bond donors (Lipinski definition) is 1. The Morgan fingerprint density at radius 2 is 2.04 bits per heavy atom. The maximum absolute atomic E-state index is 12.5. The molecule has 1 aliphatic rings. The standard InChI is InChI=1S/C16H14N4O3/c1-22-11-7-20-14(15(11)23-2)13(17-8-18-20)12-9-5-3-4-6-10(9)19-16(12)21/h3-8,12H,1-2H3,(H,19,21). The lowest BCUT2D eigenvalue weighted by Gasteiger charge is -2.11.